The summed E-state index contributed by atoms with van der Waals surface area (Å²) in [5, 5.41) is 9.52. The minimum Gasteiger partial charge on any atom is -0.497 e. The predicted molar refractivity (Wildman–Crippen MR) is 145 cm³/mol. The predicted octanol–water partition coefficient (Wildman–Crippen LogP) is 2.71. The summed E-state index contributed by atoms with van der Waals surface area (Å²) in [7, 11) is -2.38. The SMILES string of the molecule is C#Cc1ccc([C@H]2C=C(C(=O)N3CCCC3)O[C@@H](OCCN(CCO)S(=O)(=O)c3ccc(OC)cc3)C2)cc1. The highest BCUT2D eigenvalue weighted by Crippen LogP contribution is 2.33. The average molecular weight is 555 g/mol. The van der Waals surface area contributed by atoms with E-state index in [-0.39, 0.29) is 48.8 Å². The van der Waals surface area contributed by atoms with Gasteiger partial charge in [0.25, 0.3) is 5.91 Å². The van der Waals surface area contributed by atoms with Crippen molar-refractivity contribution in [3.8, 4) is 18.1 Å². The zero-order valence-electron chi connectivity index (χ0n) is 22.0. The summed E-state index contributed by atoms with van der Waals surface area (Å²) in [4.78, 5) is 15.0. The van der Waals surface area contributed by atoms with Crippen molar-refractivity contribution < 1.29 is 32.5 Å². The number of carbonyl (C=O) groups excluding carboxylic acids is 1. The lowest BCUT2D eigenvalue weighted by molar-refractivity contribution is -0.152. The number of carbonyl (C=O) groups is 1. The fraction of sp³-hybridized carbons (Fsp3) is 0.414. The molecule has 10 heteroatoms. The van der Waals surface area contributed by atoms with Gasteiger partial charge in [0.05, 0.1) is 25.2 Å². The highest BCUT2D eigenvalue weighted by molar-refractivity contribution is 7.89. The maximum absolute atomic E-state index is 13.2. The van der Waals surface area contributed by atoms with Gasteiger partial charge in [-0.25, -0.2) is 8.42 Å². The van der Waals surface area contributed by atoms with E-state index in [4.69, 9.17) is 20.6 Å². The first-order chi connectivity index (χ1) is 18.8. The molecule has 2 aliphatic heterocycles. The Kier molecular flexibility index (Phi) is 9.64. The van der Waals surface area contributed by atoms with Crippen LogP contribution in [0.25, 0.3) is 0 Å². The molecule has 9 nitrogen and oxygen atoms in total. The lowest BCUT2D eigenvalue weighted by atomic mass is 9.92. The summed E-state index contributed by atoms with van der Waals surface area (Å²) in [6.07, 6.45) is 8.93. The van der Waals surface area contributed by atoms with Crippen LogP contribution < -0.4 is 4.74 Å². The Morgan fingerprint density at radius 1 is 1.13 bits per heavy atom. The van der Waals surface area contributed by atoms with Crippen molar-refractivity contribution in [1.29, 1.82) is 0 Å². The minimum absolute atomic E-state index is 0.00453. The van der Waals surface area contributed by atoms with Crippen molar-refractivity contribution in [2.75, 3.05) is 46.5 Å². The zero-order valence-corrected chi connectivity index (χ0v) is 22.8. The molecule has 0 radical (unpaired) electrons. The largest absolute Gasteiger partial charge is 0.497 e. The molecule has 0 aliphatic carbocycles. The third-order valence-electron chi connectivity index (χ3n) is 6.86. The minimum atomic E-state index is -3.88. The number of rotatable bonds is 11. The first kappa shape index (κ1) is 28.6. The Hall–Kier alpha value is -3.36. The number of hydrogen-bond acceptors (Lipinski definition) is 7. The molecule has 2 atom stereocenters. The topological polar surface area (TPSA) is 106 Å². The Morgan fingerprint density at radius 2 is 1.82 bits per heavy atom. The van der Waals surface area contributed by atoms with E-state index in [1.54, 1.807) is 17.0 Å². The van der Waals surface area contributed by atoms with Crippen molar-refractivity contribution in [3.05, 3.63) is 71.5 Å². The van der Waals surface area contributed by atoms with Crippen LogP contribution in [0.5, 0.6) is 5.75 Å². The van der Waals surface area contributed by atoms with Crippen LogP contribution in [-0.4, -0.2) is 81.4 Å². The Balaban J connectivity index is 1.46. The Morgan fingerprint density at radius 3 is 2.44 bits per heavy atom. The Labute approximate surface area is 230 Å². The summed E-state index contributed by atoms with van der Waals surface area (Å²) >= 11 is 0. The number of likely N-dealkylation sites (tertiary alicyclic amines) is 1. The lowest BCUT2D eigenvalue weighted by Gasteiger charge is -2.31. The van der Waals surface area contributed by atoms with E-state index in [0.29, 0.717) is 25.3 Å². The van der Waals surface area contributed by atoms with Gasteiger partial charge in [0, 0.05) is 44.1 Å². The van der Waals surface area contributed by atoms with Gasteiger partial charge in [0.1, 0.15) is 5.75 Å². The van der Waals surface area contributed by atoms with Gasteiger partial charge in [-0.1, -0.05) is 18.1 Å². The molecule has 1 amide bonds. The number of benzene rings is 2. The summed E-state index contributed by atoms with van der Waals surface area (Å²) in [6.45, 7) is 0.940. The van der Waals surface area contributed by atoms with Crippen molar-refractivity contribution in [2.45, 2.75) is 36.4 Å². The molecule has 39 heavy (non-hydrogen) atoms. The first-order valence-electron chi connectivity index (χ1n) is 13.0. The fourth-order valence-electron chi connectivity index (χ4n) is 4.69. The maximum Gasteiger partial charge on any atom is 0.288 e. The van der Waals surface area contributed by atoms with Gasteiger partial charge in [-0.2, -0.15) is 4.31 Å². The number of hydrogen-bond donors (Lipinski definition) is 1. The van der Waals surface area contributed by atoms with Crippen LogP contribution in [0.15, 0.2) is 65.3 Å². The smallest absolute Gasteiger partial charge is 0.288 e. The monoisotopic (exact) mass is 554 g/mol. The number of ether oxygens (including phenoxy) is 3. The van der Waals surface area contributed by atoms with Gasteiger partial charge in [-0.05, 0) is 60.9 Å². The van der Waals surface area contributed by atoms with Crippen LogP contribution >= 0.6 is 0 Å². The number of sulfonamides is 1. The highest BCUT2D eigenvalue weighted by atomic mass is 32.2. The molecule has 2 heterocycles. The van der Waals surface area contributed by atoms with E-state index in [1.165, 1.54) is 23.5 Å². The van der Waals surface area contributed by atoms with E-state index in [0.717, 1.165) is 24.0 Å². The number of aliphatic hydroxyl groups excluding tert-OH is 1. The molecule has 1 fully saturated rings. The van der Waals surface area contributed by atoms with Crippen LogP contribution in [0, 0.1) is 12.3 Å². The van der Waals surface area contributed by atoms with Crippen LogP contribution in [-0.2, 0) is 24.3 Å². The molecular formula is C29H34N2O7S. The summed E-state index contributed by atoms with van der Waals surface area (Å²) in [6, 6.07) is 13.6. The summed E-state index contributed by atoms with van der Waals surface area (Å²) in [5.41, 5.74) is 1.74. The van der Waals surface area contributed by atoms with Gasteiger partial charge in [0.2, 0.25) is 16.3 Å². The van der Waals surface area contributed by atoms with Crippen molar-refractivity contribution >= 4 is 15.9 Å². The third-order valence-corrected chi connectivity index (χ3v) is 8.77. The van der Waals surface area contributed by atoms with E-state index in [9.17, 15) is 18.3 Å². The molecule has 4 rings (SSSR count). The summed E-state index contributed by atoms with van der Waals surface area (Å²) in [5.74, 6) is 3.06. The quantitative estimate of drug-likeness (QED) is 0.426. The van der Waals surface area contributed by atoms with E-state index in [1.807, 2.05) is 30.3 Å². The second-order valence-corrected chi connectivity index (χ2v) is 11.3. The van der Waals surface area contributed by atoms with Crippen molar-refractivity contribution in [3.63, 3.8) is 0 Å². The van der Waals surface area contributed by atoms with Crippen molar-refractivity contribution in [2.24, 2.45) is 0 Å². The normalized spacial score (nSPS) is 19.3. The van der Waals surface area contributed by atoms with Crippen LogP contribution in [0.1, 0.15) is 36.3 Å². The summed E-state index contributed by atoms with van der Waals surface area (Å²) < 4.78 is 44.6. The van der Waals surface area contributed by atoms with E-state index < -0.39 is 16.3 Å². The molecular weight excluding hydrogens is 520 g/mol. The lowest BCUT2D eigenvalue weighted by Crippen LogP contribution is -2.38. The average Bonchev–Trinajstić information content (AvgIpc) is 3.51. The number of terminal acetylenes is 1. The van der Waals surface area contributed by atoms with Gasteiger partial charge in [-0.15, -0.1) is 6.42 Å². The number of allylic oxidation sites excluding steroid dienone is 1. The Bertz CT molecular complexity index is 1290. The van der Waals surface area contributed by atoms with Crippen LogP contribution in [0.2, 0.25) is 0 Å². The second-order valence-electron chi connectivity index (χ2n) is 9.36. The van der Waals surface area contributed by atoms with Gasteiger partial charge < -0.3 is 24.2 Å². The fourth-order valence-corrected chi connectivity index (χ4v) is 6.11. The third kappa shape index (κ3) is 6.99. The molecule has 2 aromatic rings. The molecule has 208 valence electrons. The molecule has 2 aliphatic rings. The molecule has 0 unspecified atom stereocenters. The molecule has 1 N–H and O–H groups in total. The van der Waals surface area contributed by atoms with Gasteiger partial charge >= 0.3 is 0 Å². The number of aliphatic hydroxyl groups is 1. The zero-order chi connectivity index (χ0) is 27.8. The molecule has 0 spiro atoms. The standard InChI is InChI=1S/C29H34N2O7S/c1-3-22-6-8-23(9-7-22)24-20-27(29(33)30-14-4-5-15-30)38-28(21-24)37-19-17-31(16-18-32)39(34,35)26-12-10-25(36-2)11-13-26/h1,6-13,20,24,28,32H,4-5,14-19,21H2,2H3/t24-,28+/m0/s1. The van der Waals surface area contributed by atoms with E-state index >= 15 is 0 Å². The molecule has 2 aromatic carbocycles. The molecule has 0 saturated carbocycles. The molecule has 0 bridgehead atoms. The first-order valence-corrected chi connectivity index (χ1v) is 14.4. The van der Waals surface area contributed by atoms with Gasteiger partial charge in [-0.3, -0.25) is 4.79 Å². The number of amides is 1. The van der Waals surface area contributed by atoms with Crippen LogP contribution in [0.3, 0.4) is 0 Å². The maximum atomic E-state index is 13.2. The van der Waals surface area contributed by atoms with Crippen molar-refractivity contribution in [1.82, 2.24) is 9.21 Å². The molecule has 0 aromatic heterocycles. The molecule has 1 saturated heterocycles. The van der Waals surface area contributed by atoms with Crippen LogP contribution in [0.4, 0.5) is 0 Å². The highest BCUT2D eigenvalue weighted by Gasteiger charge is 2.32. The number of methoxy groups -OCH3 is 1. The van der Waals surface area contributed by atoms with Gasteiger partial charge in [0.15, 0.2) is 5.76 Å². The number of nitrogens with zero attached hydrogens (tertiary/aromatic N) is 2. The second kappa shape index (κ2) is 13.1. The van der Waals surface area contributed by atoms with E-state index in [2.05, 4.69) is 5.92 Å².